The molecule has 0 amide bonds. The van der Waals surface area contributed by atoms with Gasteiger partial charge in [0, 0.05) is 16.3 Å². The second kappa shape index (κ2) is 10.1. The van der Waals surface area contributed by atoms with Gasteiger partial charge in [-0.25, -0.2) is 9.97 Å². The van der Waals surface area contributed by atoms with Crippen LogP contribution in [0, 0.1) is 0 Å². The number of hydrogen-bond donors (Lipinski definition) is 0. The van der Waals surface area contributed by atoms with Crippen LogP contribution in [0.5, 0.6) is 0 Å². The molecule has 42 heavy (non-hydrogen) atoms. The lowest BCUT2D eigenvalue weighted by molar-refractivity contribution is 1.29. The molecule has 2 nitrogen and oxygen atoms in total. The Labute approximate surface area is 244 Å². The van der Waals surface area contributed by atoms with E-state index < -0.39 is 0 Å². The van der Waals surface area contributed by atoms with Gasteiger partial charge in [-0.1, -0.05) is 140 Å². The molecule has 0 unspecified atom stereocenters. The van der Waals surface area contributed by atoms with Crippen LogP contribution in [-0.4, -0.2) is 9.97 Å². The predicted octanol–water partition coefficient (Wildman–Crippen LogP) is 10.6. The van der Waals surface area contributed by atoms with Crippen LogP contribution in [0.2, 0.25) is 0 Å². The summed E-state index contributed by atoms with van der Waals surface area (Å²) >= 11 is 0. The van der Waals surface area contributed by atoms with Gasteiger partial charge in [-0.05, 0) is 56.6 Å². The smallest absolute Gasteiger partial charge is 0.0972 e. The van der Waals surface area contributed by atoms with Gasteiger partial charge in [-0.15, -0.1) is 0 Å². The first-order valence-corrected chi connectivity index (χ1v) is 14.3. The van der Waals surface area contributed by atoms with Crippen molar-refractivity contribution in [3.8, 4) is 44.9 Å². The first kappa shape index (κ1) is 24.2. The molecule has 0 fully saturated rings. The van der Waals surface area contributed by atoms with Crippen molar-refractivity contribution >= 4 is 32.4 Å². The largest absolute Gasteiger partial charge is 0.246 e. The third-order valence-electron chi connectivity index (χ3n) is 8.10. The van der Waals surface area contributed by atoms with E-state index in [2.05, 4.69) is 152 Å². The fourth-order valence-corrected chi connectivity index (χ4v) is 6.07. The Morgan fingerprint density at radius 3 is 1.52 bits per heavy atom. The molecule has 0 aliphatic heterocycles. The monoisotopic (exact) mass is 534 g/mol. The molecule has 0 saturated carbocycles. The minimum atomic E-state index is 0.876. The molecule has 0 aliphatic carbocycles. The molecule has 0 N–H and O–H groups in total. The van der Waals surface area contributed by atoms with E-state index in [1.807, 2.05) is 6.07 Å². The molecule has 6 aromatic carbocycles. The van der Waals surface area contributed by atoms with Gasteiger partial charge in [0.05, 0.1) is 22.6 Å². The van der Waals surface area contributed by atoms with Gasteiger partial charge in [-0.3, -0.25) is 0 Å². The lowest BCUT2D eigenvalue weighted by Crippen LogP contribution is -1.93. The van der Waals surface area contributed by atoms with Crippen LogP contribution in [0.15, 0.2) is 158 Å². The predicted molar refractivity (Wildman–Crippen MR) is 176 cm³/mol. The fraction of sp³-hybridized carbons (Fsp3) is 0. The molecule has 2 heterocycles. The van der Waals surface area contributed by atoms with Crippen LogP contribution in [0.3, 0.4) is 0 Å². The third-order valence-corrected chi connectivity index (χ3v) is 8.10. The first-order valence-electron chi connectivity index (χ1n) is 14.3. The zero-order valence-corrected chi connectivity index (χ0v) is 22.9. The van der Waals surface area contributed by atoms with E-state index in [0.717, 1.165) is 38.9 Å². The molecule has 2 aromatic heterocycles. The van der Waals surface area contributed by atoms with E-state index in [1.165, 1.54) is 38.4 Å². The van der Waals surface area contributed by atoms with Crippen molar-refractivity contribution in [2.75, 3.05) is 0 Å². The summed E-state index contributed by atoms with van der Waals surface area (Å²) in [5.41, 5.74) is 9.68. The van der Waals surface area contributed by atoms with Crippen LogP contribution in [0.25, 0.3) is 77.3 Å². The molecule has 196 valence electrons. The van der Waals surface area contributed by atoms with Crippen LogP contribution in [0.1, 0.15) is 0 Å². The summed E-state index contributed by atoms with van der Waals surface area (Å²) in [6, 6.07) is 55.5. The Bertz CT molecular complexity index is 2230. The summed E-state index contributed by atoms with van der Waals surface area (Å²) in [5.74, 6) is 0. The van der Waals surface area contributed by atoms with Gasteiger partial charge in [-0.2, -0.15) is 0 Å². The number of fused-ring (bicyclic) bond motifs is 4. The van der Waals surface area contributed by atoms with Gasteiger partial charge in [0.15, 0.2) is 0 Å². The number of rotatable bonds is 4. The molecule has 0 saturated heterocycles. The highest BCUT2D eigenvalue weighted by Crippen LogP contribution is 2.37. The number of pyridine rings is 2. The maximum Gasteiger partial charge on any atom is 0.0972 e. The van der Waals surface area contributed by atoms with Crippen molar-refractivity contribution in [2.45, 2.75) is 0 Å². The van der Waals surface area contributed by atoms with E-state index in [0.29, 0.717) is 0 Å². The summed E-state index contributed by atoms with van der Waals surface area (Å²) in [7, 11) is 0. The average molecular weight is 535 g/mol. The molecule has 0 aliphatic rings. The third kappa shape index (κ3) is 4.13. The topological polar surface area (TPSA) is 25.8 Å². The minimum absolute atomic E-state index is 0.876. The standard InChI is InChI=1S/C40H26N2/c1-2-11-27(12-3-1)30-25-26-31(33-14-5-4-13-32(30)33)28-21-23-29(24-22-28)37-19-10-20-39(41-37)40-36-17-7-6-15-34(36)35-16-8-9-18-38(35)42-40/h1-26H. The van der Waals surface area contributed by atoms with Crippen LogP contribution in [-0.2, 0) is 0 Å². The van der Waals surface area contributed by atoms with E-state index >= 15 is 0 Å². The number of hydrogen-bond acceptors (Lipinski definition) is 2. The van der Waals surface area contributed by atoms with Gasteiger partial charge in [0.2, 0.25) is 0 Å². The van der Waals surface area contributed by atoms with Crippen molar-refractivity contribution in [1.82, 2.24) is 9.97 Å². The Balaban J connectivity index is 1.19. The highest BCUT2D eigenvalue weighted by atomic mass is 14.8. The molecule has 8 aromatic rings. The minimum Gasteiger partial charge on any atom is -0.246 e. The maximum atomic E-state index is 5.11. The number of para-hydroxylation sites is 1. The zero-order chi connectivity index (χ0) is 27.9. The van der Waals surface area contributed by atoms with Crippen LogP contribution in [0.4, 0.5) is 0 Å². The second-order valence-corrected chi connectivity index (χ2v) is 10.6. The first-order chi connectivity index (χ1) is 20.8. The molecule has 0 bridgehead atoms. The number of benzene rings is 6. The Hall–Kier alpha value is -5.60. The number of nitrogens with zero attached hydrogens (tertiary/aromatic N) is 2. The SMILES string of the molecule is c1ccc(-c2ccc(-c3ccc(-c4cccc(-c5nc6ccccc6c6ccccc56)n4)cc3)c3ccccc23)cc1. The van der Waals surface area contributed by atoms with E-state index in [4.69, 9.17) is 9.97 Å². The normalized spacial score (nSPS) is 11.3. The molecule has 0 spiro atoms. The number of aromatic nitrogens is 2. The fourth-order valence-electron chi connectivity index (χ4n) is 6.07. The summed E-state index contributed by atoms with van der Waals surface area (Å²) in [6.07, 6.45) is 0. The molecular formula is C40H26N2. The van der Waals surface area contributed by atoms with Gasteiger partial charge in [0.1, 0.15) is 0 Å². The molecule has 0 radical (unpaired) electrons. The Morgan fingerprint density at radius 1 is 0.286 bits per heavy atom. The summed E-state index contributed by atoms with van der Waals surface area (Å²) in [6.45, 7) is 0. The maximum absolute atomic E-state index is 5.11. The van der Waals surface area contributed by atoms with Crippen molar-refractivity contribution in [3.63, 3.8) is 0 Å². The average Bonchev–Trinajstić information content (AvgIpc) is 3.08. The molecule has 0 atom stereocenters. The quantitative estimate of drug-likeness (QED) is 0.210. The van der Waals surface area contributed by atoms with Gasteiger partial charge >= 0.3 is 0 Å². The van der Waals surface area contributed by atoms with Crippen molar-refractivity contribution in [3.05, 3.63) is 158 Å². The second-order valence-electron chi connectivity index (χ2n) is 10.6. The van der Waals surface area contributed by atoms with Gasteiger partial charge in [0.25, 0.3) is 0 Å². The lowest BCUT2D eigenvalue weighted by Gasteiger charge is -2.13. The summed E-state index contributed by atoms with van der Waals surface area (Å²) in [5, 5.41) is 5.98. The van der Waals surface area contributed by atoms with E-state index in [-0.39, 0.29) is 0 Å². The van der Waals surface area contributed by atoms with Crippen molar-refractivity contribution < 1.29 is 0 Å². The van der Waals surface area contributed by atoms with Gasteiger partial charge < -0.3 is 0 Å². The summed E-state index contributed by atoms with van der Waals surface area (Å²) < 4.78 is 0. The van der Waals surface area contributed by atoms with Crippen molar-refractivity contribution in [1.29, 1.82) is 0 Å². The lowest BCUT2D eigenvalue weighted by atomic mass is 9.92. The van der Waals surface area contributed by atoms with Crippen LogP contribution < -0.4 is 0 Å². The summed E-state index contributed by atoms with van der Waals surface area (Å²) in [4.78, 5) is 10.2. The molecular weight excluding hydrogens is 508 g/mol. The highest BCUT2D eigenvalue weighted by Gasteiger charge is 2.13. The Morgan fingerprint density at radius 2 is 0.810 bits per heavy atom. The highest BCUT2D eigenvalue weighted by molar-refractivity contribution is 6.10. The van der Waals surface area contributed by atoms with E-state index in [1.54, 1.807) is 0 Å². The Kier molecular flexibility index (Phi) is 5.82. The van der Waals surface area contributed by atoms with E-state index in [9.17, 15) is 0 Å². The molecule has 8 rings (SSSR count). The van der Waals surface area contributed by atoms with Crippen molar-refractivity contribution in [2.24, 2.45) is 0 Å². The van der Waals surface area contributed by atoms with Crippen LogP contribution >= 0.6 is 0 Å². The molecule has 2 heteroatoms. The zero-order valence-electron chi connectivity index (χ0n) is 22.9.